The molecule has 18 rings (SSSR count). The fourth-order valence-electron chi connectivity index (χ4n) is 13.9. The van der Waals surface area contributed by atoms with Gasteiger partial charge in [0.15, 0.2) is 0 Å². The molecule has 710 valence electrons. The summed E-state index contributed by atoms with van der Waals surface area (Å²) in [6.07, 6.45) is 1.64. The van der Waals surface area contributed by atoms with Gasteiger partial charge in [-0.2, -0.15) is 0 Å². The topological polar surface area (TPSA) is 369 Å². The van der Waals surface area contributed by atoms with Crippen LogP contribution in [-0.4, -0.2) is 76.7 Å². The van der Waals surface area contributed by atoms with Gasteiger partial charge in [-0.25, -0.2) is 60.1 Å². The third-order valence-electron chi connectivity index (χ3n) is 21.0. The van der Waals surface area contributed by atoms with Gasteiger partial charge in [0.1, 0.15) is 27.4 Å². The quantitative estimate of drug-likeness (QED) is 0.0386. The number of carbonyl (C=O) groups excluding carboxylic acids is 2. The molecule has 0 aliphatic heterocycles. The number of aryl methyl sites for hydroxylation is 3. The highest BCUT2D eigenvalue weighted by atomic mass is 35.5. The third-order valence-corrected chi connectivity index (χ3v) is 35.7. The molecule has 0 unspecified atom stereocenters. The van der Waals surface area contributed by atoms with Crippen molar-refractivity contribution in [3.05, 3.63) is 351 Å². The van der Waals surface area contributed by atoms with E-state index >= 15 is 0 Å². The molecule has 0 amide bonds. The summed E-state index contributed by atoms with van der Waals surface area (Å²) in [6.45, 7) is 15.8. The van der Waals surface area contributed by atoms with E-state index in [1.54, 1.807) is 246 Å². The highest BCUT2D eigenvalue weighted by molar-refractivity contribution is 7.94. The minimum atomic E-state index is -3.81. The van der Waals surface area contributed by atoms with Gasteiger partial charge in [0.2, 0.25) is 5.76 Å². The summed E-state index contributed by atoms with van der Waals surface area (Å²) in [5, 5.41) is 11.6. The van der Waals surface area contributed by atoms with E-state index in [9.17, 15) is 60.1 Å². The Morgan fingerprint density at radius 1 is 0.307 bits per heavy atom. The molecule has 40 heteroatoms. The number of sulfonamides is 6. The number of hydrogen-bond donors (Lipinski definition) is 6. The maximum absolute atomic E-state index is 12.6. The minimum Gasteiger partial charge on any atom is -0.465 e. The number of furan rings is 3. The largest absolute Gasteiger partial charge is 0.465 e. The summed E-state index contributed by atoms with van der Waals surface area (Å²) in [4.78, 5) is 24.5. The molecule has 0 saturated carbocycles. The van der Waals surface area contributed by atoms with Crippen LogP contribution in [0.15, 0.2) is 302 Å². The molecular formula is C97H82Cl6N6O19S9. The van der Waals surface area contributed by atoms with Crippen molar-refractivity contribution in [2.45, 2.75) is 91.7 Å². The van der Waals surface area contributed by atoms with Crippen LogP contribution in [0.1, 0.15) is 70.5 Å². The second-order valence-electron chi connectivity index (χ2n) is 30.6. The standard InChI is InChI=1S/C17H14ClNO5S.C17H14ClNO4S2.2C16H14ClNO3S.C16H14ClNO2S2.C15H12ClNO2S2/c2*1-10-13(18)4-3-5-16(10)25(21,22)19-12-6-7-14-11(8-12)9-15(24-14)17(20)23-2;1-10-9-21-15-7-6-12(8-13(10)15)18-22(19,20)16-5-3-4-14(17)11(16)2;1-10-8-12-9-13(6-7-15(12)21-10)18-22(19,20)16-5-3-4-14(17)11(16)2;1-10-9-21-15-7-6-12(8-13(10)15)18-22(19,20)16-5-3-4-14(17)11(16)2;1-10-13(16)3-2-4-15(10)21(18,19)17-12-5-6-14-11(9-12)7-8-20-14/h2*3-9,19H,1-2H3;3*3-9,18H,1-2H3;2-9,17H,1H3. The van der Waals surface area contributed by atoms with Crippen LogP contribution in [0.2, 0.25) is 30.1 Å². The zero-order valence-electron chi connectivity index (χ0n) is 74.0. The van der Waals surface area contributed by atoms with E-state index in [-0.39, 0.29) is 35.1 Å². The van der Waals surface area contributed by atoms with Gasteiger partial charge in [0, 0.05) is 94.5 Å². The van der Waals surface area contributed by atoms with Gasteiger partial charge >= 0.3 is 11.9 Å². The molecule has 0 bridgehead atoms. The molecule has 25 nitrogen and oxygen atoms in total. The van der Waals surface area contributed by atoms with Gasteiger partial charge in [0.05, 0.1) is 49.9 Å². The number of esters is 2. The lowest BCUT2D eigenvalue weighted by atomic mass is 10.2. The van der Waals surface area contributed by atoms with Crippen LogP contribution in [0, 0.1) is 62.3 Å². The number of hydrogen-bond acceptors (Lipinski definition) is 22. The molecule has 0 atom stereocenters. The van der Waals surface area contributed by atoms with Gasteiger partial charge in [-0.1, -0.05) is 106 Å². The smallest absolute Gasteiger partial charge is 0.373 e. The maximum Gasteiger partial charge on any atom is 0.373 e. The second kappa shape index (κ2) is 42.7. The fraction of sp³-hybridized carbons (Fsp3) is 0.113. The van der Waals surface area contributed by atoms with Crippen molar-refractivity contribution in [3.63, 3.8) is 0 Å². The molecule has 0 spiro atoms. The number of fused-ring (bicyclic) bond motifs is 6. The summed E-state index contributed by atoms with van der Waals surface area (Å²) in [5.74, 6) is -0.199. The number of anilines is 6. The molecule has 0 saturated heterocycles. The summed E-state index contributed by atoms with van der Waals surface area (Å²) in [7, 11) is -19.7. The molecule has 137 heavy (non-hydrogen) atoms. The maximum atomic E-state index is 12.6. The van der Waals surface area contributed by atoms with Crippen LogP contribution in [0.3, 0.4) is 0 Å². The van der Waals surface area contributed by atoms with E-state index < -0.39 is 72.1 Å². The number of nitrogens with one attached hydrogen (secondary N) is 6. The van der Waals surface area contributed by atoms with Crippen molar-refractivity contribution in [1.82, 2.24) is 0 Å². The van der Waals surface area contributed by atoms with E-state index in [1.165, 1.54) is 55.9 Å². The first-order chi connectivity index (χ1) is 64.7. The predicted octanol–water partition coefficient (Wildman–Crippen LogP) is 27.1. The van der Waals surface area contributed by atoms with Gasteiger partial charge in [-0.3, -0.25) is 28.3 Å². The van der Waals surface area contributed by atoms with E-state index in [1.807, 2.05) is 62.5 Å². The molecule has 0 aliphatic carbocycles. The molecule has 18 aromatic rings. The lowest BCUT2D eigenvalue weighted by Crippen LogP contribution is -2.14. The third kappa shape index (κ3) is 24.4. The Bertz CT molecular complexity index is 8130. The predicted molar refractivity (Wildman–Crippen MR) is 553 cm³/mol. The zero-order chi connectivity index (χ0) is 99.1. The number of thiophene rings is 3. The van der Waals surface area contributed by atoms with Crippen LogP contribution in [0.4, 0.5) is 34.1 Å². The van der Waals surface area contributed by atoms with Gasteiger partial charge in [0.25, 0.3) is 60.1 Å². The molecule has 0 radical (unpaired) electrons. The number of halogens is 6. The van der Waals surface area contributed by atoms with Crippen LogP contribution in [0.25, 0.3) is 63.2 Å². The number of carbonyl (C=O) groups is 2. The number of methoxy groups -OCH3 is 2. The van der Waals surface area contributed by atoms with Crippen LogP contribution < -0.4 is 28.3 Å². The first-order valence-corrected chi connectivity index (χ1v) is 54.3. The Balaban J connectivity index is 0.000000139. The Hall–Kier alpha value is -11.7. The van der Waals surface area contributed by atoms with Crippen molar-refractivity contribution in [2.24, 2.45) is 0 Å². The highest BCUT2D eigenvalue weighted by Gasteiger charge is 2.27. The Kier molecular flexibility index (Phi) is 32.0. The lowest BCUT2D eigenvalue weighted by Gasteiger charge is -2.11. The van der Waals surface area contributed by atoms with Crippen molar-refractivity contribution < 1.29 is 82.8 Å². The SMILES string of the molecule is COC(=O)c1cc2cc(NS(=O)(=O)c3cccc(Cl)c3C)ccc2o1.COC(=O)c1cc2cc(NS(=O)(=O)c3cccc(Cl)c3C)ccc2s1.Cc1c(Cl)cccc1S(=O)(=O)Nc1ccc2occ(C)c2c1.Cc1c(Cl)cccc1S(=O)(=O)Nc1ccc2scc(C)c2c1.Cc1c(Cl)cccc1S(=O)(=O)Nc1ccc2sccc2c1.Cc1cc2cc(NS(=O)(=O)c3cccc(Cl)c3C)ccc2o1. The van der Waals surface area contributed by atoms with Crippen LogP contribution in [0.5, 0.6) is 0 Å². The first kappa shape index (κ1) is 103. The van der Waals surface area contributed by atoms with Crippen LogP contribution in [-0.2, 0) is 69.6 Å². The number of benzene rings is 12. The molecule has 0 aliphatic rings. The van der Waals surface area contributed by atoms with Crippen molar-refractivity contribution in [1.29, 1.82) is 0 Å². The monoisotopic (exact) mass is 2130 g/mol. The molecule has 12 aromatic carbocycles. The van der Waals surface area contributed by atoms with E-state index in [4.69, 9.17) is 87.6 Å². The number of ether oxygens (including phenoxy) is 2. The first-order valence-electron chi connectivity index (χ1n) is 40.6. The van der Waals surface area contributed by atoms with Gasteiger partial charge < -0.3 is 22.7 Å². The van der Waals surface area contributed by atoms with Gasteiger partial charge in [-0.15, -0.1) is 34.0 Å². The normalized spacial score (nSPS) is 11.7. The van der Waals surface area contributed by atoms with Crippen LogP contribution >= 0.6 is 104 Å². The average molecular weight is 2140 g/mol. The molecule has 6 aromatic heterocycles. The summed E-state index contributed by atoms with van der Waals surface area (Å²) in [5.41, 5.74) is 9.87. The molecular weight excluding hydrogens is 2050 g/mol. The minimum absolute atomic E-state index is 0.0446. The average Bonchev–Trinajstić information content (AvgIpc) is 1.27. The zero-order valence-corrected chi connectivity index (χ0v) is 85.9. The Morgan fingerprint density at radius 3 is 1.03 bits per heavy atom. The lowest BCUT2D eigenvalue weighted by molar-refractivity contribution is 0.0566. The van der Waals surface area contributed by atoms with Crippen molar-refractivity contribution in [3.8, 4) is 0 Å². The van der Waals surface area contributed by atoms with E-state index in [0.29, 0.717) is 113 Å². The van der Waals surface area contributed by atoms with Crippen molar-refractivity contribution in [2.75, 3.05) is 42.6 Å². The summed E-state index contributed by atoms with van der Waals surface area (Å²) >= 11 is 40.6. The molecule has 6 heterocycles. The highest BCUT2D eigenvalue weighted by Crippen LogP contribution is 2.38. The van der Waals surface area contributed by atoms with E-state index in [2.05, 4.69) is 38.4 Å². The second-order valence-corrected chi connectivity index (χ2v) is 45.9. The van der Waals surface area contributed by atoms with Gasteiger partial charge in [-0.05, 0) is 340 Å². The summed E-state index contributed by atoms with van der Waals surface area (Å²) < 4.78 is 195. The Morgan fingerprint density at radius 2 is 0.635 bits per heavy atom. The van der Waals surface area contributed by atoms with E-state index in [0.717, 1.165) is 69.1 Å². The Labute approximate surface area is 832 Å². The summed E-state index contributed by atoms with van der Waals surface area (Å²) in [6, 6.07) is 66.9. The molecule has 6 N–H and O–H groups in total. The fourth-order valence-corrected chi connectivity index (χ4v) is 25.8. The number of rotatable bonds is 20. The van der Waals surface area contributed by atoms with Crippen molar-refractivity contribution >= 4 is 273 Å². The molecule has 0 fully saturated rings.